The zero-order chi connectivity index (χ0) is 16.4. The van der Waals surface area contributed by atoms with Crippen molar-refractivity contribution in [2.24, 2.45) is 0 Å². The van der Waals surface area contributed by atoms with E-state index in [9.17, 15) is 4.79 Å². The largest absolute Gasteiger partial charge is 0.438 e. The van der Waals surface area contributed by atoms with E-state index in [4.69, 9.17) is 9.83 Å². The van der Waals surface area contributed by atoms with Gasteiger partial charge in [0.25, 0.3) is 5.91 Å². The molecule has 0 aliphatic heterocycles. The number of rotatable bonds is 3. The Balaban J connectivity index is 1.88. The number of benzene rings is 2. The molecule has 116 valence electrons. The lowest BCUT2D eigenvalue weighted by atomic mass is 10.0. The Morgan fingerprint density at radius 1 is 1.09 bits per heavy atom. The maximum absolute atomic E-state index is 12.4. The number of hydrogen-bond donors (Lipinski definition) is 2. The molecule has 0 fully saturated rings. The lowest BCUT2D eigenvalue weighted by Crippen LogP contribution is -2.20. The second-order valence-electron chi connectivity index (χ2n) is 5.76. The van der Waals surface area contributed by atoms with Gasteiger partial charge >= 0.3 is 0 Å². The summed E-state index contributed by atoms with van der Waals surface area (Å²) in [5.74, 6) is 0.0979. The minimum atomic E-state index is -0.346. The van der Waals surface area contributed by atoms with Crippen LogP contribution < -0.4 is 10.9 Å². The summed E-state index contributed by atoms with van der Waals surface area (Å²) in [6.45, 7) is 4.24. The van der Waals surface area contributed by atoms with E-state index in [2.05, 4.69) is 19.2 Å². The van der Waals surface area contributed by atoms with Gasteiger partial charge in [-0.2, -0.15) is 0 Å². The van der Waals surface area contributed by atoms with Gasteiger partial charge in [0.2, 0.25) is 5.55 Å². The van der Waals surface area contributed by atoms with Crippen LogP contribution in [0.1, 0.15) is 35.7 Å². The Labute approximate surface area is 134 Å². The number of fused-ring (bicyclic) bond motifs is 1. The van der Waals surface area contributed by atoms with Crippen LogP contribution in [0.3, 0.4) is 0 Å². The van der Waals surface area contributed by atoms with Crippen LogP contribution in [-0.4, -0.2) is 5.91 Å². The summed E-state index contributed by atoms with van der Waals surface area (Å²) in [7, 11) is 0. The zero-order valence-corrected chi connectivity index (χ0v) is 13.1. The molecule has 0 aliphatic rings. The molecule has 1 amide bonds. The maximum atomic E-state index is 12.4. The van der Waals surface area contributed by atoms with Crippen LogP contribution in [0.2, 0.25) is 0 Å². The summed E-state index contributed by atoms with van der Waals surface area (Å²) in [5, 5.41) is 11.5. The number of amides is 1. The van der Waals surface area contributed by atoms with E-state index in [-0.39, 0.29) is 17.0 Å². The fraction of sp³-hybridized carbons (Fsp3) is 0.158. The highest BCUT2D eigenvalue weighted by Crippen LogP contribution is 2.18. The molecule has 3 rings (SSSR count). The molecule has 0 unspecified atom stereocenters. The Morgan fingerprint density at radius 3 is 2.48 bits per heavy atom. The number of nitrogens with one attached hydrogen (secondary N) is 2. The molecular formula is C19H18N2O2. The lowest BCUT2D eigenvalue weighted by Gasteiger charge is -2.09. The van der Waals surface area contributed by atoms with Gasteiger partial charge in [0.15, 0.2) is 0 Å². The predicted molar refractivity (Wildman–Crippen MR) is 90.6 cm³/mol. The zero-order valence-electron chi connectivity index (χ0n) is 13.1. The van der Waals surface area contributed by atoms with Crippen LogP contribution >= 0.6 is 0 Å². The topological polar surface area (TPSA) is 66.1 Å². The van der Waals surface area contributed by atoms with Crippen LogP contribution in [-0.2, 0) is 0 Å². The van der Waals surface area contributed by atoms with Crippen molar-refractivity contribution in [2.75, 3.05) is 5.32 Å². The number of anilines is 1. The normalized spacial score (nSPS) is 10.9. The van der Waals surface area contributed by atoms with E-state index in [0.29, 0.717) is 17.2 Å². The monoisotopic (exact) mass is 306 g/mol. The van der Waals surface area contributed by atoms with E-state index in [0.717, 1.165) is 5.39 Å². The van der Waals surface area contributed by atoms with Gasteiger partial charge in [-0.25, -0.2) is 0 Å². The molecule has 3 aromatic rings. The molecule has 4 heteroatoms. The minimum absolute atomic E-state index is 0.139. The first-order valence-corrected chi connectivity index (χ1v) is 7.53. The van der Waals surface area contributed by atoms with Gasteiger partial charge in [-0.05, 0) is 35.7 Å². The molecule has 0 spiro atoms. The number of carbonyl (C=O) groups is 1. The minimum Gasteiger partial charge on any atom is -0.438 e. The van der Waals surface area contributed by atoms with Gasteiger partial charge in [-0.1, -0.05) is 44.2 Å². The van der Waals surface area contributed by atoms with Crippen molar-refractivity contribution < 1.29 is 9.21 Å². The first-order chi connectivity index (χ1) is 11.0. The molecule has 0 saturated carbocycles. The molecule has 23 heavy (non-hydrogen) atoms. The van der Waals surface area contributed by atoms with Crippen LogP contribution in [0.15, 0.2) is 59.0 Å². The highest BCUT2D eigenvalue weighted by molar-refractivity contribution is 6.05. The molecule has 2 N–H and O–H groups in total. The summed E-state index contributed by atoms with van der Waals surface area (Å²) in [6, 6.07) is 16.7. The van der Waals surface area contributed by atoms with Crippen LogP contribution in [0.5, 0.6) is 0 Å². The second-order valence-corrected chi connectivity index (χ2v) is 5.76. The average Bonchev–Trinajstić information content (AvgIpc) is 2.54. The third kappa shape index (κ3) is 3.16. The van der Waals surface area contributed by atoms with Gasteiger partial charge in [0.1, 0.15) is 11.1 Å². The first kappa shape index (κ1) is 15.0. The molecule has 1 aromatic heterocycles. The Bertz CT molecular complexity index is 909. The molecule has 0 aliphatic carbocycles. The second kappa shape index (κ2) is 6.08. The maximum Gasteiger partial charge on any atom is 0.261 e. The van der Waals surface area contributed by atoms with Crippen molar-refractivity contribution in [1.82, 2.24) is 0 Å². The Kier molecular flexibility index (Phi) is 3.98. The summed E-state index contributed by atoms with van der Waals surface area (Å²) < 4.78 is 5.41. The Hall–Kier alpha value is -2.88. The highest BCUT2D eigenvalue weighted by atomic mass is 16.3. The fourth-order valence-electron chi connectivity index (χ4n) is 2.40. The number of carbonyl (C=O) groups excluding carboxylic acids is 1. The molecule has 0 radical (unpaired) electrons. The molecule has 1 heterocycles. The van der Waals surface area contributed by atoms with Crippen molar-refractivity contribution in [3.8, 4) is 0 Å². The highest BCUT2D eigenvalue weighted by Gasteiger charge is 2.12. The van der Waals surface area contributed by atoms with Gasteiger partial charge in [0.05, 0.1) is 0 Å². The van der Waals surface area contributed by atoms with E-state index >= 15 is 0 Å². The van der Waals surface area contributed by atoms with Gasteiger partial charge in [-0.3, -0.25) is 10.2 Å². The van der Waals surface area contributed by atoms with Crippen molar-refractivity contribution in [2.45, 2.75) is 19.8 Å². The van der Waals surface area contributed by atoms with Crippen molar-refractivity contribution in [3.63, 3.8) is 0 Å². The summed E-state index contributed by atoms with van der Waals surface area (Å²) in [5.41, 5.74) is 2.59. The van der Waals surface area contributed by atoms with Gasteiger partial charge in [0, 0.05) is 11.1 Å². The standard InChI is InChI=1S/C19H18N2O2/c1-12(2)13-7-9-15(10-8-13)21-19(22)16-11-14-5-3-4-6-17(14)23-18(16)20/h3-12,20H,1-2H3,(H,21,22). The van der Waals surface area contributed by atoms with Crippen molar-refractivity contribution >= 4 is 22.6 Å². The Morgan fingerprint density at radius 2 is 1.78 bits per heavy atom. The third-order valence-corrected chi connectivity index (χ3v) is 3.76. The number of para-hydroxylation sites is 1. The first-order valence-electron chi connectivity index (χ1n) is 7.53. The fourth-order valence-corrected chi connectivity index (χ4v) is 2.40. The lowest BCUT2D eigenvalue weighted by molar-refractivity contribution is 0.102. The SMILES string of the molecule is CC(C)c1ccc(NC(=O)c2cc3ccccc3oc2=N)cc1. The van der Waals surface area contributed by atoms with Crippen LogP contribution in [0.4, 0.5) is 5.69 Å². The smallest absolute Gasteiger partial charge is 0.261 e. The molecule has 4 nitrogen and oxygen atoms in total. The molecule has 2 aromatic carbocycles. The third-order valence-electron chi connectivity index (χ3n) is 3.76. The van der Waals surface area contributed by atoms with E-state index in [1.165, 1.54) is 5.56 Å². The molecule has 0 saturated heterocycles. The average molecular weight is 306 g/mol. The van der Waals surface area contributed by atoms with Crippen molar-refractivity contribution in [3.05, 3.63) is 71.3 Å². The summed E-state index contributed by atoms with van der Waals surface area (Å²) in [6.07, 6.45) is 0. The van der Waals surface area contributed by atoms with E-state index in [1.807, 2.05) is 42.5 Å². The number of hydrogen-bond acceptors (Lipinski definition) is 3. The molecular weight excluding hydrogens is 288 g/mol. The predicted octanol–water partition coefficient (Wildman–Crippen LogP) is 4.29. The van der Waals surface area contributed by atoms with Gasteiger partial charge < -0.3 is 9.73 Å². The molecule has 0 atom stereocenters. The van der Waals surface area contributed by atoms with Crippen molar-refractivity contribution in [1.29, 1.82) is 5.41 Å². The molecule has 0 bridgehead atoms. The van der Waals surface area contributed by atoms with Gasteiger partial charge in [-0.15, -0.1) is 0 Å². The van der Waals surface area contributed by atoms with Crippen LogP contribution in [0, 0.1) is 5.41 Å². The summed E-state index contributed by atoms with van der Waals surface area (Å²) in [4.78, 5) is 12.4. The summed E-state index contributed by atoms with van der Waals surface area (Å²) >= 11 is 0. The van der Waals surface area contributed by atoms with Crippen LogP contribution in [0.25, 0.3) is 11.0 Å². The van der Waals surface area contributed by atoms with E-state index < -0.39 is 0 Å². The van der Waals surface area contributed by atoms with E-state index in [1.54, 1.807) is 12.1 Å². The quantitative estimate of drug-likeness (QED) is 0.758.